The van der Waals surface area contributed by atoms with Gasteiger partial charge >= 0.3 is 5.97 Å². The number of rotatable bonds is 6. The molecule has 0 unspecified atom stereocenters. The molecule has 0 aliphatic rings. The van der Waals surface area contributed by atoms with E-state index < -0.39 is 5.97 Å². The number of carbonyl (C=O) groups excluding carboxylic acids is 1. The van der Waals surface area contributed by atoms with Gasteiger partial charge in [0.25, 0.3) is 0 Å². The smallest absolute Gasteiger partial charge is 0.343 e. The number of fused-ring (bicyclic) bond motifs is 1. The molecule has 0 fully saturated rings. The highest BCUT2D eigenvalue weighted by Gasteiger charge is 2.16. The molecule has 0 N–H and O–H groups in total. The number of para-hydroxylation sites is 1. The van der Waals surface area contributed by atoms with Crippen LogP contribution in [0.25, 0.3) is 10.9 Å². The Labute approximate surface area is 118 Å². The highest BCUT2D eigenvalue weighted by Crippen LogP contribution is 2.23. The Balaban J connectivity index is 2.38. The summed E-state index contributed by atoms with van der Waals surface area (Å²) in [5.41, 5.74) is 1.20. The summed E-state index contributed by atoms with van der Waals surface area (Å²) in [6, 6.07) is 9.42. The van der Waals surface area contributed by atoms with E-state index in [-0.39, 0.29) is 0 Å². The van der Waals surface area contributed by atoms with Crippen molar-refractivity contribution in [2.45, 2.75) is 26.7 Å². The van der Waals surface area contributed by atoms with Gasteiger partial charge in [0, 0.05) is 5.39 Å². The van der Waals surface area contributed by atoms with Crippen molar-refractivity contribution in [2.24, 2.45) is 0 Å². The number of esters is 1. The lowest BCUT2D eigenvalue weighted by atomic mass is 10.1. The van der Waals surface area contributed by atoms with Crippen molar-refractivity contribution < 1.29 is 14.3 Å². The Bertz CT molecular complexity index is 595. The first kappa shape index (κ1) is 14.3. The van der Waals surface area contributed by atoms with Gasteiger partial charge in [-0.2, -0.15) is 0 Å². The second-order valence-electron chi connectivity index (χ2n) is 4.46. The van der Waals surface area contributed by atoms with Gasteiger partial charge in [0.2, 0.25) is 5.88 Å². The van der Waals surface area contributed by atoms with Crippen LogP contribution in [-0.4, -0.2) is 24.2 Å². The van der Waals surface area contributed by atoms with Gasteiger partial charge in [-0.15, -0.1) is 0 Å². The van der Waals surface area contributed by atoms with Gasteiger partial charge in [-0.05, 0) is 25.5 Å². The van der Waals surface area contributed by atoms with Crippen molar-refractivity contribution in [3.05, 3.63) is 35.9 Å². The molecule has 0 atom stereocenters. The topological polar surface area (TPSA) is 48.4 Å². The van der Waals surface area contributed by atoms with Crippen LogP contribution in [0.5, 0.6) is 5.88 Å². The van der Waals surface area contributed by atoms with E-state index in [1.54, 1.807) is 13.0 Å². The second-order valence-corrected chi connectivity index (χ2v) is 4.46. The normalized spacial score (nSPS) is 10.5. The zero-order valence-electron chi connectivity index (χ0n) is 11.9. The Hall–Kier alpha value is -2.10. The van der Waals surface area contributed by atoms with Gasteiger partial charge in [-0.3, -0.25) is 0 Å². The first-order valence-corrected chi connectivity index (χ1v) is 6.96. The molecule has 0 saturated heterocycles. The summed E-state index contributed by atoms with van der Waals surface area (Å²) in [5, 5.41) is 0.901. The molecule has 0 radical (unpaired) electrons. The van der Waals surface area contributed by atoms with E-state index in [2.05, 4.69) is 11.9 Å². The number of aromatic nitrogens is 1. The van der Waals surface area contributed by atoms with Crippen molar-refractivity contribution in [3.8, 4) is 5.88 Å². The molecule has 106 valence electrons. The van der Waals surface area contributed by atoms with Crippen LogP contribution in [0.2, 0.25) is 0 Å². The van der Waals surface area contributed by atoms with E-state index in [0.29, 0.717) is 24.7 Å². The maximum atomic E-state index is 12.0. The van der Waals surface area contributed by atoms with E-state index in [9.17, 15) is 4.79 Å². The van der Waals surface area contributed by atoms with E-state index >= 15 is 0 Å². The molecule has 0 aliphatic heterocycles. The number of benzene rings is 1. The summed E-state index contributed by atoms with van der Waals surface area (Å²) in [6.45, 7) is 4.75. The Morgan fingerprint density at radius 1 is 1.25 bits per heavy atom. The Morgan fingerprint density at radius 2 is 2.05 bits per heavy atom. The molecule has 2 rings (SSSR count). The molecule has 2 aromatic rings. The summed E-state index contributed by atoms with van der Waals surface area (Å²) in [4.78, 5) is 16.4. The second kappa shape index (κ2) is 6.89. The summed E-state index contributed by atoms with van der Waals surface area (Å²) in [6.07, 6.45) is 1.96. The van der Waals surface area contributed by atoms with Crippen molar-refractivity contribution in [2.75, 3.05) is 13.2 Å². The van der Waals surface area contributed by atoms with Gasteiger partial charge in [0.15, 0.2) is 0 Å². The molecule has 20 heavy (non-hydrogen) atoms. The first-order chi connectivity index (χ1) is 9.76. The van der Waals surface area contributed by atoms with Gasteiger partial charge in [0.05, 0.1) is 18.7 Å². The third kappa shape index (κ3) is 3.26. The van der Waals surface area contributed by atoms with Crippen LogP contribution in [0.4, 0.5) is 0 Å². The molecule has 1 aromatic carbocycles. The SMILES string of the molecule is CCCCOc1nc2ccccc2cc1C(=O)OCC. The number of carbonyl (C=O) groups is 1. The van der Waals surface area contributed by atoms with Gasteiger partial charge in [0.1, 0.15) is 5.56 Å². The minimum atomic E-state index is -0.391. The maximum Gasteiger partial charge on any atom is 0.343 e. The fourth-order valence-corrected chi connectivity index (χ4v) is 1.88. The van der Waals surface area contributed by atoms with Crippen molar-refractivity contribution in [1.82, 2.24) is 4.98 Å². The fraction of sp³-hybridized carbons (Fsp3) is 0.375. The first-order valence-electron chi connectivity index (χ1n) is 6.96. The van der Waals surface area contributed by atoms with E-state index in [1.807, 2.05) is 24.3 Å². The monoisotopic (exact) mass is 273 g/mol. The number of pyridine rings is 1. The van der Waals surface area contributed by atoms with Crippen LogP contribution in [-0.2, 0) is 4.74 Å². The Kier molecular flexibility index (Phi) is 4.93. The van der Waals surface area contributed by atoms with E-state index in [0.717, 1.165) is 23.7 Å². The number of hydrogen-bond donors (Lipinski definition) is 0. The fourth-order valence-electron chi connectivity index (χ4n) is 1.88. The predicted molar refractivity (Wildman–Crippen MR) is 78.1 cm³/mol. The van der Waals surface area contributed by atoms with Gasteiger partial charge in [-0.1, -0.05) is 31.5 Å². The summed E-state index contributed by atoms with van der Waals surface area (Å²) in [5.74, 6) is -0.0344. The molecule has 0 spiro atoms. The zero-order chi connectivity index (χ0) is 14.4. The minimum Gasteiger partial charge on any atom is -0.477 e. The molecule has 0 amide bonds. The zero-order valence-corrected chi connectivity index (χ0v) is 11.9. The third-order valence-electron chi connectivity index (χ3n) is 2.92. The lowest BCUT2D eigenvalue weighted by Gasteiger charge is -2.11. The van der Waals surface area contributed by atoms with Gasteiger partial charge < -0.3 is 9.47 Å². The Morgan fingerprint density at radius 3 is 2.80 bits per heavy atom. The van der Waals surface area contributed by atoms with E-state index in [4.69, 9.17) is 9.47 Å². The van der Waals surface area contributed by atoms with Crippen LogP contribution < -0.4 is 4.74 Å². The van der Waals surface area contributed by atoms with Crippen molar-refractivity contribution in [3.63, 3.8) is 0 Å². The molecule has 1 aromatic heterocycles. The average Bonchev–Trinajstić information content (AvgIpc) is 2.47. The largest absolute Gasteiger partial charge is 0.477 e. The lowest BCUT2D eigenvalue weighted by molar-refractivity contribution is 0.0521. The molecule has 1 heterocycles. The molecule has 0 bridgehead atoms. The van der Waals surface area contributed by atoms with Crippen LogP contribution >= 0.6 is 0 Å². The van der Waals surface area contributed by atoms with Gasteiger partial charge in [-0.25, -0.2) is 9.78 Å². The standard InChI is InChI=1S/C16H19NO3/c1-3-5-10-20-15-13(16(18)19-4-2)11-12-8-6-7-9-14(12)17-15/h6-9,11H,3-5,10H2,1-2H3. The van der Waals surface area contributed by atoms with Crippen LogP contribution in [0.15, 0.2) is 30.3 Å². The van der Waals surface area contributed by atoms with Crippen LogP contribution in [0.1, 0.15) is 37.0 Å². The minimum absolute atomic E-state index is 0.333. The highest BCUT2D eigenvalue weighted by molar-refractivity contribution is 5.96. The summed E-state index contributed by atoms with van der Waals surface area (Å²) >= 11 is 0. The van der Waals surface area contributed by atoms with Crippen LogP contribution in [0, 0.1) is 0 Å². The third-order valence-corrected chi connectivity index (χ3v) is 2.92. The molecule has 4 heteroatoms. The predicted octanol–water partition coefficient (Wildman–Crippen LogP) is 3.59. The number of unbranched alkanes of at least 4 members (excludes halogenated alkanes) is 1. The molecule has 0 aliphatic carbocycles. The van der Waals surface area contributed by atoms with Crippen molar-refractivity contribution >= 4 is 16.9 Å². The quantitative estimate of drug-likeness (QED) is 0.596. The highest BCUT2D eigenvalue weighted by atomic mass is 16.5. The molecular formula is C16H19NO3. The number of nitrogens with zero attached hydrogens (tertiary/aromatic N) is 1. The summed E-state index contributed by atoms with van der Waals surface area (Å²) < 4.78 is 10.7. The molecule has 4 nitrogen and oxygen atoms in total. The van der Waals surface area contributed by atoms with Crippen molar-refractivity contribution in [1.29, 1.82) is 0 Å². The maximum absolute atomic E-state index is 12.0. The average molecular weight is 273 g/mol. The lowest BCUT2D eigenvalue weighted by Crippen LogP contribution is -2.10. The number of ether oxygens (including phenoxy) is 2. The van der Waals surface area contributed by atoms with E-state index in [1.165, 1.54) is 0 Å². The number of hydrogen-bond acceptors (Lipinski definition) is 4. The molecular weight excluding hydrogens is 254 g/mol. The molecule has 0 saturated carbocycles. The summed E-state index contributed by atoms with van der Waals surface area (Å²) in [7, 11) is 0. The van der Waals surface area contributed by atoms with Crippen LogP contribution in [0.3, 0.4) is 0 Å².